The van der Waals surface area contributed by atoms with Crippen molar-refractivity contribution in [1.82, 2.24) is 0 Å². The molecule has 0 atom stereocenters. The molecular formula is C16H34NaO3P+. The molecule has 0 aromatic heterocycles. The first kappa shape index (κ1) is 24.3. The monoisotopic (exact) mass is 328 g/mol. The molecule has 0 unspecified atom stereocenters. The molecule has 0 saturated carbocycles. The zero-order valence-electron chi connectivity index (χ0n) is 14.6. The van der Waals surface area contributed by atoms with Crippen molar-refractivity contribution >= 4 is 37.8 Å². The standard InChI is InChI=1S/C16H34O3P.Na/c1-3-5-7-9-11-13-15-18-20(17)19-16-14-12-10-8-6-4-2;/h3-16H2,1-2H3;/q+1;. The summed E-state index contributed by atoms with van der Waals surface area (Å²) in [6.07, 6.45) is 14.6. The minimum Gasteiger partial charge on any atom is -0.119 e. The predicted molar refractivity (Wildman–Crippen MR) is 92.0 cm³/mol. The molecular weight excluding hydrogens is 294 g/mol. The summed E-state index contributed by atoms with van der Waals surface area (Å²) in [6.45, 7) is 5.57. The summed E-state index contributed by atoms with van der Waals surface area (Å²) in [4.78, 5) is 0. The molecule has 3 nitrogen and oxygen atoms in total. The fourth-order valence-electron chi connectivity index (χ4n) is 2.08. The largest absolute Gasteiger partial charge is 0.697 e. The smallest absolute Gasteiger partial charge is 0.119 e. The van der Waals surface area contributed by atoms with Crippen LogP contribution in [0, 0.1) is 0 Å². The van der Waals surface area contributed by atoms with Gasteiger partial charge in [0.25, 0.3) is 0 Å². The van der Waals surface area contributed by atoms with Crippen LogP contribution >= 0.6 is 8.25 Å². The van der Waals surface area contributed by atoms with E-state index in [4.69, 9.17) is 9.05 Å². The van der Waals surface area contributed by atoms with Gasteiger partial charge in [-0.3, -0.25) is 0 Å². The summed E-state index contributed by atoms with van der Waals surface area (Å²) in [6, 6.07) is 0. The molecule has 5 heteroatoms. The van der Waals surface area contributed by atoms with Crippen LogP contribution in [0.2, 0.25) is 0 Å². The van der Waals surface area contributed by atoms with Crippen LogP contribution < -0.4 is 0 Å². The number of rotatable bonds is 16. The van der Waals surface area contributed by atoms with Crippen LogP contribution in [0.1, 0.15) is 90.9 Å². The van der Waals surface area contributed by atoms with Crippen LogP contribution in [-0.4, -0.2) is 42.8 Å². The second-order valence-corrected chi connectivity index (χ2v) is 6.39. The number of hydrogen-bond donors (Lipinski definition) is 0. The Morgan fingerprint density at radius 2 is 0.952 bits per heavy atom. The Hall–Kier alpha value is 1.02. The summed E-state index contributed by atoms with van der Waals surface area (Å²) >= 11 is 0. The topological polar surface area (TPSA) is 35.5 Å². The van der Waals surface area contributed by atoms with Gasteiger partial charge in [0.05, 0.1) is 0 Å². The van der Waals surface area contributed by atoms with Crippen molar-refractivity contribution in [2.45, 2.75) is 90.9 Å². The summed E-state index contributed by atoms with van der Waals surface area (Å²) in [5, 5.41) is 0. The van der Waals surface area contributed by atoms with E-state index in [0.29, 0.717) is 13.2 Å². The van der Waals surface area contributed by atoms with Gasteiger partial charge in [-0.15, -0.1) is 9.05 Å². The molecule has 0 aliphatic carbocycles. The van der Waals surface area contributed by atoms with Gasteiger partial charge in [-0.05, 0) is 12.8 Å². The molecule has 0 saturated heterocycles. The third kappa shape index (κ3) is 21.0. The van der Waals surface area contributed by atoms with E-state index in [-0.39, 0.29) is 29.6 Å². The SMILES string of the molecule is CCCCCCCCO[P+](=O)OCCCCCCCC.[Na]. The van der Waals surface area contributed by atoms with E-state index in [9.17, 15) is 4.57 Å². The van der Waals surface area contributed by atoms with Gasteiger partial charge in [-0.1, -0.05) is 78.1 Å². The van der Waals surface area contributed by atoms with Crippen molar-refractivity contribution in [3.8, 4) is 0 Å². The maximum atomic E-state index is 11.4. The van der Waals surface area contributed by atoms with Crippen LogP contribution in [-0.2, 0) is 13.6 Å². The second-order valence-electron chi connectivity index (χ2n) is 5.43. The maximum Gasteiger partial charge on any atom is 0.697 e. The van der Waals surface area contributed by atoms with Crippen molar-refractivity contribution in [2.75, 3.05) is 13.2 Å². The molecule has 0 amide bonds. The Balaban J connectivity index is 0. The Morgan fingerprint density at radius 3 is 1.33 bits per heavy atom. The Morgan fingerprint density at radius 1 is 0.619 bits per heavy atom. The quantitative estimate of drug-likeness (QED) is 0.197. The van der Waals surface area contributed by atoms with Crippen molar-refractivity contribution in [3.63, 3.8) is 0 Å². The third-order valence-corrected chi connectivity index (χ3v) is 4.18. The van der Waals surface area contributed by atoms with Gasteiger partial charge < -0.3 is 0 Å². The van der Waals surface area contributed by atoms with Gasteiger partial charge in [0, 0.05) is 34.1 Å². The molecule has 21 heavy (non-hydrogen) atoms. The van der Waals surface area contributed by atoms with Crippen LogP contribution in [0.25, 0.3) is 0 Å². The van der Waals surface area contributed by atoms with E-state index < -0.39 is 8.25 Å². The molecule has 0 aliphatic heterocycles. The molecule has 121 valence electrons. The minimum atomic E-state index is -1.89. The van der Waals surface area contributed by atoms with E-state index in [2.05, 4.69) is 13.8 Å². The molecule has 0 aromatic rings. The van der Waals surface area contributed by atoms with E-state index in [1.54, 1.807) is 0 Å². The normalized spacial score (nSPS) is 10.4. The van der Waals surface area contributed by atoms with E-state index in [0.717, 1.165) is 12.8 Å². The van der Waals surface area contributed by atoms with Gasteiger partial charge in [0.1, 0.15) is 13.2 Å². The Labute approximate surface area is 155 Å². The molecule has 0 fully saturated rings. The van der Waals surface area contributed by atoms with Crippen LogP contribution in [0.4, 0.5) is 0 Å². The van der Waals surface area contributed by atoms with Crippen molar-refractivity contribution in [2.24, 2.45) is 0 Å². The molecule has 0 rings (SSSR count). The van der Waals surface area contributed by atoms with Gasteiger partial charge in [-0.2, -0.15) is 0 Å². The van der Waals surface area contributed by atoms with E-state index >= 15 is 0 Å². The Kier molecular flexibility index (Phi) is 24.3. The molecule has 1 radical (unpaired) electrons. The third-order valence-electron chi connectivity index (χ3n) is 3.39. The number of unbranched alkanes of at least 4 members (excludes halogenated alkanes) is 10. The fourth-order valence-corrected chi connectivity index (χ4v) is 2.71. The summed E-state index contributed by atoms with van der Waals surface area (Å²) in [5.41, 5.74) is 0. The van der Waals surface area contributed by atoms with Crippen LogP contribution in [0.3, 0.4) is 0 Å². The van der Waals surface area contributed by atoms with Crippen molar-refractivity contribution < 1.29 is 13.6 Å². The van der Waals surface area contributed by atoms with E-state index in [1.165, 1.54) is 64.2 Å². The fraction of sp³-hybridized carbons (Fsp3) is 1.00. The summed E-state index contributed by atoms with van der Waals surface area (Å²) in [7, 11) is -1.89. The van der Waals surface area contributed by atoms with Crippen LogP contribution in [0.5, 0.6) is 0 Å². The van der Waals surface area contributed by atoms with Gasteiger partial charge >= 0.3 is 8.25 Å². The van der Waals surface area contributed by atoms with Gasteiger partial charge in [0.15, 0.2) is 0 Å². The maximum absolute atomic E-state index is 11.4. The van der Waals surface area contributed by atoms with Crippen molar-refractivity contribution in [3.05, 3.63) is 0 Å². The van der Waals surface area contributed by atoms with Crippen LogP contribution in [0.15, 0.2) is 0 Å². The molecule has 0 bridgehead atoms. The first-order valence-corrected chi connectivity index (χ1v) is 9.63. The minimum absolute atomic E-state index is 0. The molecule has 0 aliphatic rings. The average molecular weight is 328 g/mol. The van der Waals surface area contributed by atoms with Gasteiger partial charge in [-0.25, -0.2) is 0 Å². The number of hydrogen-bond acceptors (Lipinski definition) is 3. The predicted octanol–water partition coefficient (Wildman–Crippen LogP) is 6.02. The Bertz CT molecular complexity index is 196. The zero-order chi connectivity index (χ0) is 14.9. The molecule has 0 aromatic carbocycles. The first-order valence-electron chi connectivity index (χ1n) is 8.54. The average Bonchev–Trinajstić information content (AvgIpc) is 2.45. The summed E-state index contributed by atoms with van der Waals surface area (Å²) < 4.78 is 21.8. The molecule has 0 spiro atoms. The molecule has 0 N–H and O–H groups in total. The summed E-state index contributed by atoms with van der Waals surface area (Å²) in [5.74, 6) is 0. The second kappa shape index (κ2) is 21.0. The zero-order valence-corrected chi connectivity index (χ0v) is 17.5. The molecule has 0 heterocycles. The van der Waals surface area contributed by atoms with Gasteiger partial charge in [0.2, 0.25) is 0 Å². The first-order chi connectivity index (χ1) is 9.81. The van der Waals surface area contributed by atoms with Crippen molar-refractivity contribution in [1.29, 1.82) is 0 Å². The van der Waals surface area contributed by atoms with E-state index in [1.807, 2.05) is 0 Å².